The van der Waals surface area contributed by atoms with Gasteiger partial charge in [-0.3, -0.25) is 4.79 Å². The molecule has 122 valence electrons. The third-order valence-corrected chi connectivity index (χ3v) is 4.96. The minimum atomic E-state index is 0.0389. The lowest BCUT2D eigenvalue weighted by atomic mass is 10.1. The number of pyridine rings is 1. The van der Waals surface area contributed by atoms with Gasteiger partial charge in [0.25, 0.3) is 0 Å². The van der Waals surface area contributed by atoms with Gasteiger partial charge in [0.2, 0.25) is 5.91 Å². The summed E-state index contributed by atoms with van der Waals surface area (Å²) in [5.41, 5.74) is 4.19. The molecule has 1 aromatic heterocycles. The highest BCUT2D eigenvalue weighted by molar-refractivity contribution is 7.99. The lowest BCUT2D eigenvalue weighted by molar-refractivity contribution is -0.115. The van der Waals surface area contributed by atoms with Crippen LogP contribution in [0, 0.1) is 13.8 Å². The number of fused-ring (bicyclic) bond motifs is 1. The molecule has 0 aliphatic carbocycles. The summed E-state index contributed by atoms with van der Waals surface area (Å²) in [5.74, 6) is 0.749. The van der Waals surface area contributed by atoms with Crippen LogP contribution in [0.2, 0.25) is 0 Å². The summed E-state index contributed by atoms with van der Waals surface area (Å²) in [7, 11) is 0. The predicted molar refractivity (Wildman–Crippen MR) is 102 cm³/mol. The van der Waals surface area contributed by atoms with Gasteiger partial charge in [-0.05, 0) is 43.2 Å². The number of aryl methyl sites for hydroxylation is 1. The van der Waals surface area contributed by atoms with E-state index in [1.807, 2.05) is 56.3 Å². The Morgan fingerprint density at radius 1 is 1.04 bits per heavy atom. The Hall–Kier alpha value is -2.33. The molecule has 0 fully saturated rings. The minimum Gasteiger partial charge on any atom is -0.326 e. The first-order chi connectivity index (χ1) is 11.6. The Labute approximate surface area is 146 Å². The van der Waals surface area contributed by atoms with Gasteiger partial charge in [-0.15, -0.1) is 11.8 Å². The quantitative estimate of drug-likeness (QED) is 0.669. The Balaban J connectivity index is 1.55. The van der Waals surface area contributed by atoms with E-state index in [4.69, 9.17) is 0 Å². The third kappa shape index (κ3) is 3.95. The molecular weight excluding hydrogens is 316 g/mol. The highest BCUT2D eigenvalue weighted by Crippen LogP contribution is 2.21. The lowest BCUT2D eigenvalue weighted by Gasteiger charge is -2.10. The number of carbonyl (C=O) groups is 1. The molecule has 4 heteroatoms. The topological polar surface area (TPSA) is 42.0 Å². The van der Waals surface area contributed by atoms with Crippen LogP contribution in [0.1, 0.15) is 17.5 Å². The smallest absolute Gasteiger partial charge is 0.225 e. The van der Waals surface area contributed by atoms with Crippen molar-refractivity contribution in [3.05, 3.63) is 65.7 Å². The first-order valence-electron chi connectivity index (χ1n) is 7.98. The maximum Gasteiger partial charge on any atom is 0.225 e. The van der Waals surface area contributed by atoms with Crippen molar-refractivity contribution < 1.29 is 4.79 Å². The van der Waals surface area contributed by atoms with Crippen molar-refractivity contribution in [2.45, 2.75) is 25.3 Å². The number of nitrogens with zero attached hydrogens (tertiary/aromatic N) is 1. The predicted octanol–water partition coefficient (Wildman–Crippen LogP) is 4.97. The first kappa shape index (κ1) is 16.5. The van der Waals surface area contributed by atoms with Crippen molar-refractivity contribution in [2.75, 3.05) is 11.1 Å². The molecule has 1 N–H and O–H groups in total. The fraction of sp³-hybridized carbons (Fsp3) is 0.200. The molecule has 0 saturated carbocycles. The molecule has 0 unspecified atom stereocenters. The normalized spacial score (nSPS) is 10.8. The van der Waals surface area contributed by atoms with E-state index in [-0.39, 0.29) is 5.91 Å². The zero-order chi connectivity index (χ0) is 16.9. The van der Waals surface area contributed by atoms with Crippen LogP contribution in [0.4, 0.5) is 5.69 Å². The van der Waals surface area contributed by atoms with E-state index < -0.39 is 0 Å². The number of anilines is 1. The summed E-state index contributed by atoms with van der Waals surface area (Å²) in [5, 5.41) is 5.08. The molecule has 24 heavy (non-hydrogen) atoms. The molecule has 0 radical (unpaired) electrons. The SMILES string of the molecule is Cc1cccc(NC(=O)CCSc2ccc3ccccc3n2)c1C. The molecule has 0 spiro atoms. The third-order valence-electron chi connectivity index (χ3n) is 4.03. The average Bonchev–Trinajstić information content (AvgIpc) is 2.59. The number of aromatic nitrogens is 1. The van der Waals surface area contributed by atoms with Crippen LogP contribution in [0.3, 0.4) is 0 Å². The van der Waals surface area contributed by atoms with Crippen molar-refractivity contribution in [1.82, 2.24) is 4.98 Å². The van der Waals surface area contributed by atoms with Crippen molar-refractivity contribution in [1.29, 1.82) is 0 Å². The number of carbonyl (C=O) groups excluding carboxylic acids is 1. The van der Waals surface area contributed by atoms with Crippen LogP contribution in [0.25, 0.3) is 10.9 Å². The molecule has 0 atom stereocenters. The highest BCUT2D eigenvalue weighted by atomic mass is 32.2. The molecule has 3 nitrogen and oxygen atoms in total. The van der Waals surface area contributed by atoms with Gasteiger partial charge in [0.05, 0.1) is 10.5 Å². The van der Waals surface area contributed by atoms with Crippen LogP contribution < -0.4 is 5.32 Å². The monoisotopic (exact) mass is 336 g/mol. The van der Waals surface area contributed by atoms with E-state index in [2.05, 4.69) is 22.4 Å². The van der Waals surface area contributed by atoms with Gasteiger partial charge in [0.15, 0.2) is 0 Å². The van der Waals surface area contributed by atoms with Gasteiger partial charge in [-0.1, -0.05) is 36.4 Å². The van der Waals surface area contributed by atoms with Gasteiger partial charge in [0, 0.05) is 23.2 Å². The molecule has 0 bridgehead atoms. The zero-order valence-electron chi connectivity index (χ0n) is 13.9. The van der Waals surface area contributed by atoms with E-state index in [1.54, 1.807) is 11.8 Å². The van der Waals surface area contributed by atoms with Gasteiger partial charge in [-0.25, -0.2) is 4.98 Å². The van der Waals surface area contributed by atoms with Crippen molar-refractivity contribution in [2.24, 2.45) is 0 Å². The molecule has 1 amide bonds. The number of hydrogen-bond donors (Lipinski definition) is 1. The number of amides is 1. The van der Waals surface area contributed by atoms with Crippen LogP contribution in [0.5, 0.6) is 0 Å². The molecule has 2 aromatic carbocycles. The molecule has 0 aliphatic heterocycles. The summed E-state index contributed by atoms with van der Waals surface area (Å²) in [4.78, 5) is 16.7. The molecular formula is C20H20N2OS. The van der Waals surface area contributed by atoms with E-state index in [0.717, 1.165) is 27.2 Å². The van der Waals surface area contributed by atoms with E-state index in [9.17, 15) is 4.79 Å². The molecule has 1 heterocycles. The van der Waals surface area contributed by atoms with Crippen molar-refractivity contribution in [3.8, 4) is 0 Å². The standard InChI is InChI=1S/C20H20N2OS/c1-14-6-5-9-17(15(14)2)21-19(23)12-13-24-20-11-10-16-7-3-4-8-18(16)22-20/h3-11H,12-13H2,1-2H3,(H,21,23). The Bertz CT molecular complexity index is 876. The Kier molecular flexibility index (Phi) is 5.16. The number of nitrogens with one attached hydrogen (secondary N) is 1. The Morgan fingerprint density at radius 3 is 2.75 bits per heavy atom. The molecule has 3 rings (SSSR count). The number of benzene rings is 2. The number of para-hydroxylation sites is 1. The largest absolute Gasteiger partial charge is 0.326 e. The minimum absolute atomic E-state index is 0.0389. The number of hydrogen-bond acceptors (Lipinski definition) is 3. The second-order valence-electron chi connectivity index (χ2n) is 5.74. The second kappa shape index (κ2) is 7.49. The lowest BCUT2D eigenvalue weighted by Crippen LogP contribution is -2.13. The molecule has 3 aromatic rings. The summed E-state index contributed by atoms with van der Waals surface area (Å²) in [6, 6.07) is 18.1. The fourth-order valence-corrected chi connectivity index (χ4v) is 3.30. The maximum absolute atomic E-state index is 12.1. The molecule has 0 aliphatic rings. The van der Waals surface area contributed by atoms with Gasteiger partial charge >= 0.3 is 0 Å². The zero-order valence-corrected chi connectivity index (χ0v) is 14.7. The van der Waals surface area contributed by atoms with E-state index >= 15 is 0 Å². The van der Waals surface area contributed by atoms with Crippen LogP contribution in [-0.4, -0.2) is 16.6 Å². The summed E-state index contributed by atoms with van der Waals surface area (Å²) in [6.07, 6.45) is 0.465. The van der Waals surface area contributed by atoms with Crippen molar-refractivity contribution in [3.63, 3.8) is 0 Å². The summed E-state index contributed by atoms with van der Waals surface area (Å²) in [6.45, 7) is 4.07. The maximum atomic E-state index is 12.1. The Morgan fingerprint density at radius 2 is 1.88 bits per heavy atom. The first-order valence-corrected chi connectivity index (χ1v) is 8.97. The van der Waals surface area contributed by atoms with Gasteiger partial charge in [0.1, 0.15) is 0 Å². The average molecular weight is 336 g/mol. The van der Waals surface area contributed by atoms with Gasteiger partial charge in [-0.2, -0.15) is 0 Å². The van der Waals surface area contributed by atoms with Crippen LogP contribution >= 0.6 is 11.8 Å². The van der Waals surface area contributed by atoms with Crippen LogP contribution in [0.15, 0.2) is 59.6 Å². The van der Waals surface area contributed by atoms with Crippen LogP contribution in [-0.2, 0) is 4.79 Å². The fourth-order valence-electron chi connectivity index (χ4n) is 2.48. The summed E-state index contributed by atoms with van der Waals surface area (Å²) < 4.78 is 0. The number of rotatable bonds is 5. The van der Waals surface area contributed by atoms with Gasteiger partial charge < -0.3 is 5.32 Å². The van der Waals surface area contributed by atoms with E-state index in [1.165, 1.54) is 5.56 Å². The van der Waals surface area contributed by atoms with E-state index in [0.29, 0.717) is 12.2 Å². The summed E-state index contributed by atoms with van der Waals surface area (Å²) >= 11 is 1.61. The second-order valence-corrected chi connectivity index (χ2v) is 6.85. The highest BCUT2D eigenvalue weighted by Gasteiger charge is 2.07. The number of thioether (sulfide) groups is 1. The molecule has 0 saturated heterocycles. The van der Waals surface area contributed by atoms with Crippen molar-refractivity contribution >= 4 is 34.3 Å².